The van der Waals surface area contributed by atoms with Gasteiger partial charge in [0.2, 0.25) is 15.8 Å². The molecule has 8 nitrogen and oxygen atoms in total. The van der Waals surface area contributed by atoms with Gasteiger partial charge in [0, 0.05) is 24.3 Å². The number of ether oxygens (including phenoxy) is 1. The van der Waals surface area contributed by atoms with Crippen molar-refractivity contribution < 1.29 is 27.5 Å². The minimum Gasteiger partial charge on any atom is -0.451 e. The molecule has 0 spiro atoms. The topological polar surface area (TPSA) is 114 Å². The highest BCUT2D eigenvalue weighted by Gasteiger charge is 2.28. The second-order valence-electron chi connectivity index (χ2n) is 7.74. The molecule has 1 atom stereocenters. The van der Waals surface area contributed by atoms with Crippen molar-refractivity contribution in [3.63, 3.8) is 0 Å². The lowest BCUT2D eigenvalue weighted by molar-refractivity contribution is 0.0316. The fourth-order valence-electron chi connectivity index (χ4n) is 3.24. The number of carbonyl (C=O) groups excluding carboxylic acids is 3. The van der Waals surface area contributed by atoms with Gasteiger partial charge in [0.1, 0.15) is 0 Å². The van der Waals surface area contributed by atoms with Crippen molar-refractivity contribution in [2.45, 2.75) is 58.6 Å². The number of aryl methyl sites for hydroxylation is 1. The van der Waals surface area contributed by atoms with Gasteiger partial charge >= 0.3 is 5.97 Å². The number of benzene rings is 1. The smallest absolute Gasteiger partial charge is 0.338 e. The number of Topliss-reactive ketones (excluding diaryl/α,β-unsaturated/α-hetero) is 2. The van der Waals surface area contributed by atoms with E-state index in [1.165, 1.54) is 49.5 Å². The number of carbonyl (C=O) groups is 3. The third kappa shape index (κ3) is 4.94. The van der Waals surface area contributed by atoms with E-state index in [1.807, 2.05) is 0 Å². The number of esters is 1. The maximum Gasteiger partial charge on any atom is 0.338 e. The maximum atomic E-state index is 12.8. The summed E-state index contributed by atoms with van der Waals surface area (Å²) >= 11 is 0. The highest BCUT2D eigenvalue weighted by Crippen LogP contribution is 2.22. The van der Waals surface area contributed by atoms with Crippen molar-refractivity contribution in [3.8, 4) is 0 Å². The number of rotatable bonds is 8. The average Bonchev–Trinajstić information content (AvgIpc) is 3.00. The van der Waals surface area contributed by atoms with Crippen LogP contribution in [0.3, 0.4) is 0 Å². The second-order valence-corrected chi connectivity index (χ2v) is 9.73. The first-order valence-electron chi connectivity index (χ1n) is 9.82. The van der Waals surface area contributed by atoms with Crippen LogP contribution >= 0.6 is 0 Å². The highest BCUT2D eigenvalue weighted by molar-refractivity contribution is 7.89. The third-order valence-corrected chi connectivity index (χ3v) is 7.19. The molecule has 0 saturated heterocycles. The molecule has 1 aromatic carbocycles. The molecule has 1 heterocycles. The van der Waals surface area contributed by atoms with Crippen LogP contribution in [0.1, 0.15) is 70.2 Å². The van der Waals surface area contributed by atoms with Crippen LogP contribution in [0.25, 0.3) is 0 Å². The summed E-state index contributed by atoms with van der Waals surface area (Å²) < 4.78 is 31.8. The molecule has 0 aliphatic heterocycles. The summed E-state index contributed by atoms with van der Waals surface area (Å²) in [6, 6.07) is 5.23. The molecule has 0 bridgehead atoms. The van der Waals surface area contributed by atoms with Crippen molar-refractivity contribution in [3.05, 3.63) is 52.3 Å². The summed E-state index contributed by atoms with van der Waals surface area (Å²) in [6.45, 7) is 9.67. The Balaban J connectivity index is 2.25. The van der Waals surface area contributed by atoms with Gasteiger partial charge in [-0.05, 0) is 65.3 Å². The van der Waals surface area contributed by atoms with Crippen LogP contribution in [0.4, 0.5) is 0 Å². The molecule has 0 fully saturated rings. The van der Waals surface area contributed by atoms with E-state index in [0.29, 0.717) is 16.8 Å². The van der Waals surface area contributed by atoms with Gasteiger partial charge < -0.3 is 9.72 Å². The molecule has 1 aromatic heterocycles. The zero-order valence-electron chi connectivity index (χ0n) is 18.8. The van der Waals surface area contributed by atoms with Gasteiger partial charge in [0.25, 0.3) is 0 Å². The van der Waals surface area contributed by atoms with Crippen molar-refractivity contribution in [1.29, 1.82) is 0 Å². The third-order valence-electron chi connectivity index (χ3n) is 5.16. The Bertz CT molecular complexity index is 1130. The molecule has 0 saturated carbocycles. The molecule has 0 amide bonds. The van der Waals surface area contributed by atoms with Gasteiger partial charge in [-0.15, -0.1) is 0 Å². The zero-order valence-corrected chi connectivity index (χ0v) is 19.6. The van der Waals surface area contributed by atoms with E-state index < -0.39 is 27.9 Å². The lowest BCUT2D eigenvalue weighted by Crippen LogP contribution is -2.33. The number of ketones is 2. The molecule has 31 heavy (non-hydrogen) atoms. The average molecular weight is 449 g/mol. The number of sulfonamides is 1. The fourth-order valence-corrected chi connectivity index (χ4v) is 4.65. The van der Waals surface area contributed by atoms with Crippen LogP contribution in [0.15, 0.2) is 29.2 Å². The Kier molecular flexibility index (Phi) is 7.23. The molecule has 1 N–H and O–H groups in total. The summed E-state index contributed by atoms with van der Waals surface area (Å²) in [5.41, 5.74) is 1.73. The predicted molar refractivity (Wildman–Crippen MR) is 116 cm³/mol. The lowest BCUT2D eigenvalue weighted by Gasteiger charge is -2.21. The van der Waals surface area contributed by atoms with Crippen LogP contribution in [-0.2, 0) is 14.8 Å². The van der Waals surface area contributed by atoms with E-state index in [2.05, 4.69) is 4.98 Å². The van der Waals surface area contributed by atoms with Crippen molar-refractivity contribution >= 4 is 27.6 Å². The number of aromatic nitrogens is 1. The summed E-state index contributed by atoms with van der Waals surface area (Å²) in [4.78, 5) is 40.0. The molecule has 168 valence electrons. The monoisotopic (exact) mass is 448 g/mol. The first-order valence-corrected chi connectivity index (χ1v) is 11.3. The van der Waals surface area contributed by atoms with Crippen LogP contribution < -0.4 is 0 Å². The Hall–Kier alpha value is -2.78. The summed E-state index contributed by atoms with van der Waals surface area (Å²) in [5, 5.41) is 0. The lowest BCUT2D eigenvalue weighted by atomic mass is 10.0. The Morgan fingerprint density at radius 1 is 1.10 bits per heavy atom. The molecule has 0 aliphatic carbocycles. The summed E-state index contributed by atoms with van der Waals surface area (Å²) in [7, 11) is -2.32. The van der Waals surface area contributed by atoms with E-state index in [1.54, 1.807) is 27.7 Å². The van der Waals surface area contributed by atoms with Gasteiger partial charge in [-0.2, -0.15) is 4.31 Å². The Morgan fingerprint density at radius 3 is 2.23 bits per heavy atom. The van der Waals surface area contributed by atoms with Crippen LogP contribution in [0.5, 0.6) is 0 Å². The molecule has 2 aromatic rings. The minimum absolute atomic E-state index is 0.0155. The SMILES string of the molecule is CC(=O)c1c(C)[nH]c(C(=O)C(C)OC(=O)c2cccc(S(=O)(=O)N(C)C(C)C)c2)c1C. The number of nitrogens with one attached hydrogen (secondary N) is 1. The number of hydrogen-bond acceptors (Lipinski definition) is 6. The van der Waals surface area contributed by atoms with E-state index in [9.17, 15) is 22.8 Å². The summed E-state index contributed by atoms with van der Waals surface area (Å²) in [6.07, 6.45) is -1.14. The molecule has 2 rings (SSSR count). The van der Waals surface area contributed by atoms with E-state index >= 15 is 0 Å². The van der Waals surface area contributed by atoms with E-state index in [-0.39, 0.29) is 28.0 Å². The van der Waals surface area contributed by atoms with E-state index in [4.69, 9.17) is 4.74 Å². The normalized spacial score (nSPS) is 12.8. The number of H-pyrrole nitrogens is 1. The Labute approximate surface area is 182 Å². The van der Waals surface area contributed by atoms with Gasteiger partial charge in [-0.3, -0.25) is 9.59 Å². The van der Waals surface area contributed by atoms with Crippen LogP contribution in [0.2, 0.25) is 0 Å². The van der Waals surface area contributed by atoms with Crippen LogP contribution in [-0.4, -0.2) is 54.4 Å². The summed E-state index contributed by atoms with van der Waals surface area (Å²) in [5.74, 6) is -1.47. The fraction of sp³-hybridized carbons (Fsp3) is 0.409. The molecule has 0 aliphatic rings. The number of aromatic amines is 1. The minimum atomic E-state index is -3.78. The first kappa shape index (κ1) is 24.5. The van der Waals surface area contributed by atoms with E-state index in [0.717, 1.165) is 0 Å². The van der Waals surface area contributed by atoms with Gasteiger partial charge in [-0.25, -0.2) is 13.2 Å². The first-order chi connectivity index (χ1) is 14.3. The molecule has 0 radical (unpaired) electrons. The molecular weight excluding hydrogens is 420 g/mol. The van der Waals surface area contributed by atoms with Crippen LogP contribution in [0, 0.1) is 13.8 Å². The van der Waals surface area contributed by atoms with Crippen molar-refractivity contribution in [1.82, 2.24) is 9.29 Å². The van der Waals surface area contributed by atoms with Gasteiger partial charge in [-0.1, -0.05) is 6.07 Å². The second kappa shape index (κ2) is 9.15. The molecule has 1 unspecified atom stereocenters. The Morgan fingerprint density at radius 2 is 1.71 bits per heavy atom. The quantitative estimate of drug-likeness (QED) is 0.490. The predicted octanol–water partition coefficient (Wildman–Crippen LogP) is 3.29. The highest BCUT2D eigenvalue weighted by atomic mass is 32.2. The molecular formula is C22H28N2O6S. The van der Waals surface area contributed by atoms with Crippen molar-refractivity contribution in [2.75, 3.05) is 7.05 Å². The van der Waals surface area contributed by atoms with Gasteiger partial charge in [0.15, 0.2) is 11.9 Å². The maximum absolute atomic E-state index is 12.8. The molecule has 9 heteroatoms. The number of nitrogens with zero attached hydrogens (tertiary/aromatic N) is 1. The largest absolute Gasteiger partial charge is 0.451 e. The van der Waals surface area contributed by atoms with Crippen molar-refractivity contribution in [2.24, 2.45) is 0 Å². The number of hydrogen-bond donors (Lipinski definition) is 1. The zero-order chi connectivity index (χ0) is 23.7. The standard InChI is InChI=1S/C22H28N2O6S/c1-12(2)24(7)31(28,29)18-10-8-9-17(11-18)22(27)30-16(6)21(26)20-13(3)19(15(5)25)14(4)23-20/h8-12,16,23H,1-7H3. The van der Waals surface area contributed by atoms with Gasteiger partial charge in [0.05, 0.1) is 16.2 Å².